The maximum Gasteiger partial charge on any atom is 0.205 e. The lowest BCUT2D eigenvalue weighted by Crippen LogP contribution is -1.96. The van der Waals surface area contributed by atoms with Gasteiger partial charge in [0.05, 0.1) is 4.88 Å². The van der Waals surface area contributed by atoms with E-state index in [-0.39, 0.29) is 5.78 Å². The van der Waals surface area contributed by atoms with Crippen LogP contribution in [0.5, 0.6) is 0 Å². The van der Waals surface area contributed by atoms with Crippen LogP contribution in [-0.4, -0.2) is 10.8 Å². The molecule has 0 fully saturated rings. The zero-order valence-corrected chi connectivity index (χ0v) is 12.5. The summed E-state index contributed by atoms with van der Waals surface area (Å²) in [6.07, 6.45) is 1.76. The Morgan fingerprint density at radius 3 is 2.81 bits per heavy atom. The van der Waals surface area contributed by atoms with E-state index < -0.39 is 0 Å². The number of halogens is 1. The number of rotatable bonds is 2. The van der Waals surface area contributed by atoms with Gasteiger partial charge in [0.1, 0.15) is 0 Å². The van der Waals surface area contributed by atoms with Crippen LogP contribution in [0.15, 0.2) is 54.7 Å². The average molecular weight is 312 g/mol. The highest BCUT2D eigenvalue weighted by molar-refractivity contribution is 7.21. The lowest BCUT2D eigenvalue weighted by molar-refractivity contribution is 0.104. The summed E-state index contributed by atoms with van der Waals surface area (Å²) in [6, 6.07) is 15.5. The lowest BCUT2D eigenvalue weighted by Gasteiger charge is -1.96. The first-order valence-corrected chi connectivity index (χ1v) is 7.72. The highest BCUT2D eigenvalue weighted by atomic mass is 35.5. The van der Waals surface area contributed by atoms with E-state index in [9.17, 15) is 4.79 Å². The summed E-state index contributed by atoms with van der Waals surface area (Å²) >= 11 is 7.50. The van der Waals surface area contributed by atoms with Crippen LogP contribution in [0.4, 0.5) is 0 Å². The van der Waals surface area contributed by atoms with Gasteiger partial charge in [-0.25, -0.2) is 0 Å². The van der Waals surface area contributed by atoms with Gasteiger partial charge in [0.25, 0.3) is 0 Å². The number of carbonyl (C=O) groups is 1. The zero-order chi connectivity index (χ0) is 14.4. The zero-order valence-electron chi connectivity index (χ0n) is 10.9. The largest absolute Gasteiger partial charge is 0.360 e. The highest BCUT2D eigenvalue weighted by Crippen LogP contribution is 2.30. The van der Waals surface area contributed by atoms with Crippen LogP contribution in [0, 0.1) is 0 Å². The summed E-state index contributed by atoms with van der Waals surface area (Å²) in [6.45, 7) is 0. The van der Waals surface area contributed by atoms with Crippen molar-refractivity contribution in [3.63, 3.8) is 0 Å². The molecule has 2 nitrogen and oxygen atoms in total. The van der Waals surface area contributed by atoms with E-state index in [4.69, 9.17) is 11.6 Å². The second kappa shape index (κ2) is 4.72. The predicted octanol–water partition coefficient (Wildman–Crippen LogP) is 5.27. The fourth-order valence-corrected chi connectivity index (χ4v) is 3.70. The third-order valence-corrected chi connectivity index (χ3v) is 4.89. The van der Waals surface area contributed by atoms with Gasteiger partial charge >= 0.3 is 0 Å². The average Bonchev–Trinajstić information content (AvgIpc) is 3.09. The number of benzene rings is 2. The Balaban J connectivity index is 1.85. The molecule has 4 rings (SSSR count). The lowest BCUT2D eigenvalue weighted by atomic mass is 10.1. The molecular weight excluding hydrogens is 302 g/mol. The van der Waals surface area contributed by atoms with Gasteiger partial charge in [-0.1, -0.05) is 35.9 Å². The molecule has 0 amide bonds. The molecule has 102 valence electrons. The van der Waals surface area contributed by atoms with E-state index in [0.717, 1.165) is 25.9 Å². The number of carbonyl (C=O) groups excluding carboxylic acids is 1. The third kappa shape index (κ3) is 2.06. The van der Waals surface area contributed by atoms with Crippen molar-refractivity contribution in [2.45, 2.75) is 0 Å². The molecule has 0 saturated heterocycles. The number of fused-ring (bicyclic) bond motifs is 2. The maximum atomic E-state index is 12.7. The Morgan fingerprint density at radius 2 is 1.95 bits per heavy atom. The van der Waals surface area contributed by atoms with E-state index in [2.05, 4.69) is 4.98 Å². The number of ketones is 1. The first-order valence-electron chi connectivity index (χ1n) is 6.52. The normalized spacial score (nSPS) is 11.3. The van der Waals surface area contributed by atoms with E-state index in [1.807, 2.05) is 42.5 Å². The Morgan fingerprint density at radius 1 is 1.10 bits per heavy atom. The van der Waals surface area contributed by atoms with Crippen molar-refractivity contribution in [3.8, 4) is 0 Å². The third-order valence-electron chi connectivity index (χ3n) is 3.54. The molecular formula is C17H10ClNOS. The van der Waals surface area contributed by atoms with Crippen LogP contribution in [0.1, 0.15) is 15.2 Å². The van der Waals surface area contributed by atoms with Crippen molar-refractivity contribution in [2.75, 3.05) is 0 Å². The van der Waals surface area contributed by atoms with E-state index in [1.165, 1.54) is 11.3 Å². The Kier molecular flexibility index (Phi) is 2.84. The molecule has 0 saturated carbocycles. The number of hydrogen-bond donors (Lipinski definition) is 1. The Bertz CT molecular complexity index is 950. The fraction of sp³-hybridized carbons (Fsp3) is 0. The quantitative estimate of drug-likeness (QED) is 0.503. The second-order valence-corrected chi connectivity index (χ2v) is 6.39. The van der Waals surface area contributed by atoms with Gasteiger partial charge in [0.2, 0.25) is 5.78 Å². The predicted molar refractivity (Wildman–Crippen MR) is 88.6 cm³/mol. The molecule has 0 aliphatic rings. The molecule has 0 unspecified atom stereocenters. The molecule has 0 aliphatic heterocycles. The molecule has 2 aromatic heterocycles. The molecule has 2 aromatic carbocycles. The summed E-state index contributed by atoms with van der Waals surface area (Å²) in [4.78, 5) is 16.6. The first-order chi connectivity index (χ1) is 10.2. The summed E-state index contributed by atoms with van der Waals surface area (Å²) in [5.74, 6) is 0.0461. The van der Waals surface area contributed by atoms with Crippen LogP contribution >= 0.6 is 22.9 Å². The van der Waals surface area contributed by atoms with Gasteiger partial charge in [-0.3, -0.25) is 4.79 Å². The van der Waals surface area contributed by atoms with Crippen molar-refractivity contribution < 1.29 is 4.79 Å². The highest BCUT2D eigenvalue weighted by Gasteiger charge is 2.16. The number of aromatic nitrogens is 1. The summed E-state index contributed by atoms with van der Waals surface area (Å²) in [5.41, 5.74) is 1.57. The van der Waals surface area contributed by atoms with Crippen molar-refractivity contribution in [1.29, 1.82) is 0 Å². The van der Waals surface area contributed by atoms with Crippen molar-refractivity contribution in [1.82, 2.24) is 4.98 Å². The number of thiophene rings is 1. The molecule has 0 spiro atoms. The fourth-order valence-electron chi connectivity index (χ4n) is 2.51. The van der Waals surface area contributed by atoms with Gasteiger partial charge in [-0.05, 0) is 29.7 Å². The SMILES string of the molecule is O=C(c1cc2ccccc2s1)c1c[nH]c2cc(Cl)ccc12. The van der Waals surface area contributed by atoms with Crippen molar-refractivity contribution in [3.05, 3.63) is 70.2 Å². The standard InChI is InChI=1S/C17H10ClNOS/c18-11-5-6-12-13(9-19-14(12)8-11)17(20)16-7-10-3-1-2-4-15(10)21-16/h1-9,19H. The van der Waals surface area contributed by atoms with Crippen LogP contribution in [-0.2, 0) is 0 Å². The smallest absolute Gasteiger partial charge is 0.205 e. The molecule has 21 heavy (non-hydrogen) atoms. The second-order valence-electron chi connectivity index (χ2n) is 4.87. The molecule has 1 N–H and O–H groups in total. The minimum Gasteiger partial charge on any atom is -0.360 e. The van der Waals surface area contributed by atoms with Gasteiger partial charge in [0.15, 0.2) is 0 Å². The monoisotopic (exact) mass is 311 g/mol. The van der Waals surface area contributed by atoms with Crippen molar-refractivity contribution >= 4 is 49.7 Å². The van der Waals surface area contributed by atoms with Crippen LogP contribution in [0.25, 0.3) is 21.0 Å². The number of aromatic amines is 1. The molecule has 0 radical (unpaired) electrons. The number of nitrogens with one attached hydrogen (secondary N) is 1. The molecule has 2 heterocycles. The summed E-state index contributed by atoms with van der Waals surface area (Å²) in [5, 5.41) is 2.67. The topological polar surface area (TPSA) is 32.9 Å². The van der Waals surface area contributed by atoms with E-state index in [0.29, 0.717) is 10.6 Å². The first kappa shape index (κ1) is 12.6. The summed E-state index contributed by atoms with van der Waals surface area (Å²) < 4.78 is 1.13. The number of hydrogen-bond acceptors (Lipinski definition) is 2. The molecule has 4 heteroatoms. The van der Waals surface area contributed by atoms with E-state index in [1.54, 1.807) is 12.3 Å². The van der Waals surface area contributed by atoms with Gasteiger partial charge < -0.3 is 4.98 Å². The van der Waals surface area contributed by atoms with Gasteiger partial charge in [-0.2, -0.15) is 0 Å². The van der Waals surface area contributed by atoms with Gasteiger partial charge in [0, 0.05) is 32.4 Å². The minimum absolute atomic E-state index is 0.0461. The Labute approximate surface area is 130 Å². The molecule has 0 atom stereocenters. The van der Waals surface area contributed by atoms with Crippen LogP contribution in [0.2, 0.25) is 5.02 Å². The van der Waals surface area contributed by atoms with Gasteiger partial charge in [-0.15, -0.1) is 11.3 Å². The molecule has 0 aliphatic carbocycles. The van der Waals surface area contributed by atoms with Crippen molar-refractivity contribution in [2.24, 2.45) is 0 Å². The van der Waals surface area contributed by atoms with E-state index >= 15 is 0 Å². The number of H-pyrrole nitrogens is 1. The Hall–Kier alpha value is -2.10. The summed E-state index contributed by atoms with van der Waals surface area (Å²) in [7, 11) is 0. The molecule has 4 aromatic rings. The molecule has 0 bridgehead atoms. The minimum atomic E-state index is 0.0461. The van der Waals surface area contributed by atoms with Crippen LogP contribution in [0.3, 0.4) is 0 Å². The van der Waals surface area contributed by atoms with Crippen LogP contribution < -0.4 is 0 Å². The maximum absolute atomic E-state index is 12.7.